The molecule has 1 heterocycles. The van der Waals surface area contributed by atoms with Crippen LogP contribution < -0.4 is 10.1 Å². The highest BCUT2D eigenvalue weighted by Crippen LogP contribution is 2.36. The molecule has 2 atom stereocenters. The van der Waals surface area contributed by atoms with Gasteiger partial charge in [0.15, 0.2) is 0 Å². The molecular formula is C25H23ClN2O4. The van der Waals surface area contributed by atoms with Crippen LogP contribution in [0.1, 0.15) is 45.7 Å². The van der Waals surface area contributed by atoms with Gasteiger partial charge in [-0.25, -0.2) is 4.79 Å². The molecule has 0 saturated carbocycles. The molecule has 0 fully saturated rings. The van der Waals surface area contributed by atoms with Crippen LogP contribution in [-0.4, -0.2) is 31.0 Å². The number of nitrogens with zero attached hydrogens (tertiary/aromatic N) is 1. The van der Waals surface area contributed by atoms with Crippen LogP contribution in [0.2, 0.25) is 5.02 Å². The number of ether oxygens (including phenoxy) is 2. The lowest BCUT2D eigenvalue weighted by Crippen LogP contribution is -2.33. The Morgan fingerprint density at radius 1 is 1.06 bits per heavy atom. The van der Waals surface area contributed by atoms with Crippen LogP contribution in [0.5, 0.6) is 11.5 Å². The number of nitrogens with one attached hydrogen (secondary N) is 1. The number of carbonyl (C=O) groups excluding carboxylic acids is 1. The molecule has 0 bridgehead atoms. The van der Waals surface area contributed by atoms with E-state index in [9.17, 15) is 9.90 Å². The van der Waals surface area contributed by atoms with E-state index in [1.54, 1.807) is 37.4 Å². The summed E-state index contributed by atoms with van der Waals surface area (Å²) in [6.07, 6.45) is 0.188. The van der Waals surface area contributed by atoms with E-state index in [4.69, 9.17) is 26.1 Å². The number of phenols is 1. The first-order valence-corrected chi connectivity index (χ1v) is 10.5. The highest BCUT2D eigenvalue weighted by molar-refractivity contribution is 6.30. The van der Waals surface area contributed by atoms with Crippen LogP contribution in [0.4, 0.5) is 0 Å². The van der Waals surface area contributed by atoms with Crippen LogP contribution in [0.15, 0.2) is 71.7 Å². The summed E-state index contributed by atoms with van der Waals surface area (Å²) < 4.78 is 10.1. The second-order valence-electron chi connectivity index (χ2n) is 7.45. The van der Waals surface area contributed by atoms with Crippen molar-refractivity contribution in [1.82, 2.24) is 5.32 Å². The summed E-state index contributed by atoms with van der Waals surface area (Å²) in [5.41, 5.74) is 3.91. The average Bonchev–Trinajstić information content (AvgIpc) is 2.85. The first-order chi connectivity index (χ1) is 15.5. The zero-order valence-corrected chi connectivity index (χ0v) is 18.5. The number of hydrogen-bond acceptors (Lipinski definition) is 6. The van der Waals surface area contributed by atoms with Gasteiger partial charge >= 0.3 is 5.97 Å². The fraction of sp³-hybridized carbons (Fsp3) is 0.200. The highest BCUT2D eigenvalue weighted by atomic mass is 35.5. The number of carbonyl (C=O) groups is 1. The Kier molecular flexibility index (Phi) is 6.44. The van der Waals surface area contributed by atoms with Gasteiger partial charge in [0.1, 0.15) is 17.7 Å². The molecule has 0 aliphatic carbocycles. The van der Waals surface area contributed by atoms with E-state index in [0.717, 1.165) is 22.6 Å². The molecule has 0 spiro atoms. The lowest BCUT2D eigenvalue weighted by Gasteiger charge is -2.31. The summed E-state index contributed by atoms with van der Waals surface area (Å²) in [5, 5.41) is 14.5. The highest BCUT2D eigenvalue weighted by Gasteiger charge is 2.28. The summed E-state index contributed by atoms with van der Waals surface area (Å²) in [7, 11) is 2.98. The van der Waals surface area contributed by atoms with Crippen molar-refractivity contribution in [3.63, 3.8) is 0 Å². The minimum absolute atomic E-state index is 0.169. The zero-order chi connectivity index (χ0) is 22.7. The van der Waals surface area contributed by atoms with Gasteiger partial charge in [-0.15, -0.1) is 0 Å². The first-order valence-electron chi connectivity index (χ1n) is 10.1. The van der Waals surface area contributed by atoms with Crippen LogP contribution in [0, 0.1) is 0 Å². The maximum atomic E-state index is 11.8. The molecular weight excluding hydrogens is 428 g/mol. The van der Waals surface area contributed by atoms with E-state index >= 15 is 0 Å². The Bertz CT molecular complexity index is 1140. The van der Waals surface area contributed by atoms with E-state index in [0.29, 0.717) is 22.6 Å². The van der Waals surface area contributed by atoms with E-state index < -0.39 is 5.97 Å². The quantitative estimate of drug-likeness (QED) is 0.531. The maximum absolute atomic E-state index is 11.8. The van der Waals surface area contributed by atoms with Gasteiger partial charge in [-0.3, -0.25) is 10.3 Å². The van der Waals surface area contributed by atoms with Gasteiger partial charge in [0, 0.05) is 28.8 Å². The summed E-state index contributed by atoms with van der Waals surface area (Å²) in [5.74, 6) is 0.544. The molecule has 1 aliphatic heterocycles. The standard InChI is InChI=1S/C25H23ClN2O4/c1-31-19-10-7-15(8-11-19)21-14-22(20-13-18(26)9-12-23(20)29)28-24(27-21)16-3-5-17(6-4-16)25(30)32-2/h3-13,22,24,28-29H,14H2,1-2H3/t22-,24+/m0/s1. The molecule has 164 valence electrons. The third-order valence-electron chi connectivity index (χ3n) is 5.48. The molecule has 1 aliphatic rings. The molecule has 3 aromatic carbocycles. The van der Waals surface area contributed by atoms with Crippen molar-refractivity contribution in [2.75, 3.05) is 14.2 Å². The summed E-state index contributed by atoms with van der Waals surface area (Å²) in [6.45, 7) is 0. The monoisotopic (exact) mass is 450 g/mol. The smallest absolute Gasteiger partial charge is 0.337 e. The van der Waals surface area contributed by atoms with Crippen LogP contribution in [0.3, 0.4) is 0 Å². The Morgan fingerprint density at radius 2 is 1.78 bits per heavy atom. The molecule has 7 heteroatoms. The molecule has 2 N–H and O–H groups in total. The number of hydrogen-bond donors (Lipinski definition) is 2. The van der Waals surface area contributed by atoms with Crippen molar-refractivity contribution in [3.8, 4) is 11.5 Å². The molecule has 0 unspecified atom stereocenters. The first kappa shape index (κ1) is 21.9. The Labute approximate surface area is 191 Å². The zero-order valence-electron chi connectivity index (χ0n) is 17.7. The topological polar surface area (TPSA) is 80.2 Å². The van der Waals surface area contributed by atoms with Gasteiger partial charge in [-0.1, -0.05) is 23.7 Å². The van der Waals surface area contributed by atoms with Crippen molar-refractivity contribution < 1.29 is 19.4 Å². The van der Waals surface area contributed by atoms with Crippen molar-refractivity contribution in [1.29, 1.82) is 0 Å². The van der Waals surface area contributed by atoms with Crippen LogP contribution >= 0.6 is 11.6 Å². The fourth-order valence-electron chi connectivity index (χ4n) is 3.76. The number of methoxy groups -OCH3 is 2. The molecule has 4 rings (SSSR count). The normalized spacial score (nSPS) is 18.0. The van der Waals surface area contributed by atoms with Crippen molar-refractivity contribution in [2.45, 2.75) is 18.6 Å². The van der Waals surface area contributed by atoms with Gasteiger partial charge in [-0.05, 0) is 65.7 Å². The number of rotatable bonds is 5. The van der Waals surface area contributed by atoms with E-state index in [1.165, 1.54) is 7.11 Å². The lowest BCUT2D eigenvalue weighted by molar-refractivity contribution is 0.0600. The molecule has 0 amide bonds. The van der Waals surface area contributed by atoms with Crippen molar-refractivity contribution in [2.24, 2.45) is 4.99 Å². The number of phenolic OH excluding ortho intramolecular Hbond substituents is 1. The van der Waals surface area contributed by atoms with E-state index in [-0.39, 0.29) is 18.0 Å². The summed E-state index contributed by atoms with van der Waals surface area (Å²) in [6, 6.07) is 19.7. The Hall–Kier alpha value is -3.35. The predicted molar refractivity (Wildman–Crippen MR) is 124 cm³/mol. The van der Waals surface area contributed by atoms with Gasteiger partial charge in [0.2, 0.25) is 0 Å². The van der Waals surface area contributed by atoms with E-state index in [1.807, 2.05) is 36.4 Å². The number of aromatic hydroxyl groups is 1. The third-order valence-corrected chi connectivity index (χ3v) is 5.71. The molecule has 6 nitrogen and oxygen atoms in total. The minimum Gasteiger partial charge on any atom is -0.508 e. The lowest BCUT2D eigenvalue weighted by atomic mass is 9.93. The van der Waals surface area contributed by atoms with Gasteiger partial charge in [0.25, 0.3) is 0 Å². The summed E-state index contributed by atoms with van der Waals surface area (Å²) in [4.78, 5) is 16.7. The Balaban J connectivity index is 1.72. The van der Waals surface area contributed by atoms with Gasteiger partial charge in [0.05, 0.1) is 19.8 Å². The number of aliphatic imine (C=N–C) groups is 1. The van der Waals surface area contributed by atoms with Crippen LogP contribution in [0.25, 0.3) is 0 Å². The van der Waals surface area contributed by atoms with Gasteiger partial charge < -0.3 is 14.6 Å². The number of benzene rings is 3. The van der Waals surface area contributed by atoms with Gasteiger partial charge in [-0.2, -0.15) is 0 Å². The summed E-state index contributed by atoms with van der Waals surface area (Å²) >= 11 is 6.21. The van der Waals surface area contributed by atoms with Crippen LogP contribution in [-0.2, 0) is 4.74 Å². The number of halogens is 1. The van der Waals surface area contributed by atoms with Crippen molar-refractivity contribution in [3.05, 3.63) is 94.0 Å². The minimum atomic E-state index is -0.391. The molecule has 32 heavy (non-hydrogen) atoms. The number of esters is 1. The molecule has 0 aromatic heterocycles. The average molecular weight is 451 g/mol. The fourth-order valence-corrected chi connectivity index (χ4v) is 3.94. The largest absolute Gasteiger partial charge is 0.508 e. The molecule has 3 aromatic rings. The Morgan fingerprint density at radius 3 is 2.44 bits per heavy atom. The third kappa shape index (κ3) is 4.61. The van der Waals surface area contributed by atoms with Crippen molar-refractivity contribution >= 4 is 23.3 Å². The SMILES string of the molecule is COC(=O)c1ccc([C@@H]2N=C(c3ccc(OC)cc3)C[C@@H](c3cc(Cl)ccc3O)N2)cc1. The predicted octanol–water partition coefficient (Wildman–Crippen LogP) is 5.06. The molecule has 0 radical (unpaired) electrons. The maximum Gasteiger partial charge on any atom is 0.337 e. The van der Waals surface area contributed by atoms with E-state index in [2.05, 4.69) is 5.32 Å². The second-order valence-corrected chi connectivity index (χ2v) is 7.88. The second kappa shape index (κ2) is 9.42. The molecule has 0 saturated heterocycles.